The molecule has 6 rings (SSSR count). The Bertz CT molecular complexity index is 1300. The van der Waals surface area contributed by atoms with Crippen molar-refractivity contribution in [3.63, 3.8) is 0 Å². The zero-order chi connectivity index (χ0) is 23.4. The molecular weight excluding hydrogens is 488 g/mol. The molecule has 0 unspecified atom stereocenters. The molecule has 34 heavy (non-hydrogen) atoms. The van der Waals surface area contributed by atoms with Crippen molar-refractivity contribution in [2.24, 2.45) is 17.8 Å². The second-order valence-corrected chi connectivity index (χ2v) is 12.0. The van der Waals surface area contributed by atoms with Gasteiger partial charge in [0, 0.05) is 32.3 Å². The van der Waals surface area contributed by atoms with Gasteiger partial charge in [-0.25, -0.2) is 0 Å². The van der Waals surface area contributed by atoms with Crippen LogP contribution in [0.2, 0.25) is 5.02 Å². The van der Waals surface area contributed by atoms with Crippen LogP contribution in [0.4, 0.5) is 5.69 Å². The lowest BCUT2D eigenvalue weighted by molar-refractivity contribution is -0.116. The predicted octanol–water partition coefficient (Wildman–Crippen LogP) is 5.86. The summed E-state index contributed by atoms with van der Waals surface area (Å²) in [6, 6.07) is 15.2. The molecule has 1 amide bonds. The molecule has 1 N–H and O–H groups in total. The van der Waals surface area contributed by atoms with Crippen LogP contribution in [0.25, 0.3) is 0 Å². The molecule has 3 aliphatic rings. The topological polar surface area (TPSA) is 60.3 Å². The third kappa shape index (κ3) is 3.69. The number of hydrogen-bond acceptors (Lipinski definition) is 5. The average Bonchev–Trinajstić information content (AvgIpc) is 3.54. The number of halogens is 1. The number of benzene rings is 2. The fourth-order valence-electron chi connectivity index (χ4n) is 6.24. The van der Waals surface area contributed by atoms with Crippen LogP contribution in [0.1, 0.15) is 35.6 Å². The first-order chi connectivity index (χ1) is 16.5. The number of anilines is 1. The molecule has 3 aromatic rings. The number of aromatic nitrogens is 1. The summed E-state index contributed by atoms with van der Waals surface area (Å²) in [5.74, 6) is 2.66. The average molecular weight is 513 g/mol. The fourth-order valence-corrected chi connectivity index (χ4v) is 9.50. The zero-order valence-electron chi connectivity index (χ0n) is 18.7. The molecule has 176 valence electrons. The Labute approximate surface area is 211 Å². The van der Waals surface area contributed by atoms with Crippen molar-refractivity contribution in [3.05, 3.63) is 73.7 Å². The number of carbonyl (C=O) groups is 1. The number of para-hydroxylation sites is 1. The number of carbonyl (C=O) groups excluding carboxylic acids is 1. The van der Waals surface area contributed by atoms with Gasteiger partial charge in [0.25, 0.3) is 0 Å². The van der Waals surface area contributed by atoms with E-state index in [1.165, 1.54) is 30.6 Å². The minimum Gasteiger partial charge on any atom is -0.496 e. The molecule has 1 aliphatic heterocycles. The molecule has 0 spiro atoms. The number of amides is 1. The highest BCUT2D eigenvalue weighted by Crippen LogP contribution is 2.64. The van der Waals surface area contributed by atoms with E-state index in [2.05, 4.69) is 17.4 Å². The highest BCUT2D eigenvalue weighted by atomic mass is 35.5. The number of methoxy groups -OCH3 is 1. The van der Waals surface area contributed by atoms with Crippen LogP contribution in [0, 0.1) is 17.8 Å². The van der Waals surface area contributed by atoms with Crippen molar-refractivity contribution in [1.82, 2.24) is 4.57 Å². The van der Waals surface area contributed by atoms with E-state index in [-0.39, 0.29) is 23.2 Å². The van der Waals surface area contributed by atoms with E-state index in [1.54, 1.807) is 35.9 Å². The van der Waals surface area contributed by atoms with Crippen LogP contribution in [0.3, 0.4) is 0 Å². The number of fused-ring (bicyclic) bond motifs is 6. The lowest BCUT2D eigenvalue weighted by atomic mass is 9.74. The summed E-state index contributed by atoms with van der Waals surface area (Å²) in [5.41, 5.74) is 1.83. The van der Waals surface area contributed by atoms with E-state index < -0.39 is 0 Å². The Morgan fingerprint density at radius 3 is 2.71 bits per heavy atom. The number of rotatable bonds is 5. The van der Waals surface area contributed by atoms with Crippen LogP contribution in [0.15, 0.2) is 58.4 Å². The Kier molecular flexibility index (Phi) is 5.74. The summed E-state index contributed by atoms with van der Waals surface area (Å²) in [5, 5.41) is 4.94. The largest absolute Gasteiger partial charge is 0.496 e. The molecular formula is C26H25ClN2O3S2. The van der Waals surface area contributed by atoms with E-state index in [9.17, 15) is 9.59 Å². The second-order valence-electron chi connectivity index (χ2n) is 9.39. The zero-order valence-corrected chi connectivity index (χ0v) is 21.1. The van der Waals surface area contributed by atoms with Gasteiger partial charge in [-0.2, -0.15) is 0 Å². The lowest BCUT2D eigenvalue weighted by Crippen LogP contribution is -2.35. The molecule has 2 heterocycles. The van der Waals surface area contributed by atoms with Gasteiger partial charge in [0.15, 0.2) is 0 Å². The number of thiazole rings is 1. The van der Waals surface area contributed by atoms with Crippen LogP contribution >= 0.6 is 34.7 Å². The smallest absolute Gasteiger partial charge is 0.308 e. The van der Waals surface area contributed by atoms with Crippen LogP contribution < -0.4 is 14.9 Å². The summed E-state index contributed by atoms with van der Waals surface area (Å²) in [7, 11) is 1.71. The van der Waals surface area contributed by atoms with Gasteiger partial charge in [0.2, 0.25) is 5.91 Å². The molecule has 0 saturated heterocycles. The number of nitrogens with one attached hydrogen (secondary N) is 1. The Balaban J connectivity index is 1.38. The molecule has 2 aromatic carbocycles. The number of hydrogen-bond donors (Lipinski definition) is 1. The molecule has 1 aromatic heterocycles. The van der Waals surface area contributed by atoms with Crippen molar-refractivity contribution in [2.75, 3.05) is 12.4 Å². The number of ether oxygens (including phenoxy) is 1. The quantitative estimate of drug-likeness (QED) is 0.465. The standard InChI is InChI=1S/C26H25ClN2O3S2/c1-32-19-5-3-2-4-18(19)22-21-14-6-7-15(12-14)23(21)33-25-24(22)34-26(31)29(25)13-20(30)28-17-10-8-16(27)9-11-17/h2-5,8-11,14-15,21-23H,6-7,12-13H2,1H3,(H,28,30)/t14-,15-,21-,22-,23+/m0/s1. The minimum atomic E-state index is -0.213. The van der Waals surface area contributed by atoms with Crippen molar-refractivity contribution in [3.8, 4) is 5.75 Å². The maximum Gasteiger partial charge on any atom is 0.308 e. The van der Waals surface area contributed by atoms with E-state index in [1.807, 2.05) is 23.9 Å². The summed E-state index contributed by atoms with van der Waals surface area (Å²) in [6.07, 6.45) is 3.80. The van der Waals surface area contributed by atoms with Crippen molar-refractivity contribution in [1.29, 1.82) is 0 Å². The van der Waals surface area contributed by atoms with E-state index in [0.29, 0.717) is 33.7 Å². The van der Waals surface area contributed by atoms with Gasteiger partial charge in [-0.05, 0) is 67.3 Å². The normalized spacial score (nSPS) is 26.7. The van der Waals surface area contributed by atoms with E-state index >= 15 is 0 Å². The molecule has 8 heteroatoms. The molecule has 0 radical (unpaired) electrons. The Hall–Kier alpha value is -2.22. The first-order valence-corrected chi connectivity index (χ1v) is 13.7. The third-order valence-electron chi connectivity index (χ3n) is 7.59. The van der Waals surface area contributed by atoms with Crippen LogP contribution in [-0.4, -0.2) is 22.8 Å². The van der Waals surface area contributed by atoms with Gasteiger partial charge in [0.05, 0.1) is 12.1 Å². The highest BCUT2D eigenvalue weighted by molar-refractivity contribution is 8.00. The first kappa shape index (κ1) is 22.3. The fraction of sp³-hybridized carbons (Fsp3) is 0.385. The minimum absolute atomic E-state index is 0.00438. The van der Waals surface area contributed by atoms with Gasteiger partial charge in [-0.1, -0.05) is 41.1 Å². The van der Waals surface area contributed by atoms with Gasteiger partial charge >= 0.3 is 4.87 Å². The monoisotopic (exact) mass is 512 g/mol. The number of thioether (sulfide) groups is 1. The van der Waals surface area contributed by atoms with Gasteiger partial charge in [-0.15, -0.1) is 11.8 Å². The Morgan fingerprint density at radius 2 is 1.91 bits per heavy atom. The van der Waals surface area contributed by atoms with Gasteiger partial charge in [0.1, 0.15) is 12.3 Å². The van der Waals surface area contributed by atoms with Crippen molar-refractivity contribution in [2.45, 2.75) is 42.0 Å². The second kappa shape index (κ2) is 8.77. The maximum absolute atomic E-state index is 13.2. The molecule has 2 fully saturated rings. The van der Waals surface area contributed by atoms with Crippen molar-refractivity contribution < 1.29 is 9.53 Å². The molecule has 2 aliphatic carbocycles. The summed E-state index contributed by atoms with van der Waals surface area (Å²) in [6.45, 7) is 0.00438. The molecule has 2 saturated carbocycles. The number of nitrogens with zero attached hydrogens (tertiary/aromatic N) is 1. The molecule has 5 atom stereocenters. The van der Waals surface area contributed by atoms with Gasteiger partial charge < -0.3 is 10.1 Å². The van der Waals surface area contributed by atoms with E-state index in [0.717, 1.165) is 21.2 Å². The predicted molar refractivity (Wildman–Crippen MR) is 137 cm³/mol. The third-order valence-corrected chi connectivity index (χ3v) is 10.7. The van der Waals surface area contributed by atoms with Crippen LogP contribution in [-0.2, 0) is 11.3 Å². The van der Waals surface area contributed by atoms with Crippen molar-refractivity contribution >= 4 is 46.3 Å². The SMILES string of the molecule is COc1ccccc1[C@@H]1c2sc(=O)n(CC(=O)Nc3ccc(Cl)cc3)c2S[C@@H]2[C@H]3CC[C@@H](C3)[C@@H]12. The molecule has 2 bridgehead atoms. The van der Waals surface area contributed by atoms with E-state index in [4.69, 9.17) is 16.3 Å². The van der Waals surface area contributed by atoms with Crippen LogP contribution in [0.5, 0.6) is 5.75 Å². The summed E-state index contributed by atoms with van der Waals surface area (Å²) < 4.78 is 7.44. The summed E-state index contributed by atoms with van der Waals surface area (Å²) >= 11 is 9.09. The lowest BCUT2D eigenvalue weighted by Gasteiger charge is -2.40. The van der Waals surface area contributed by atoms with Gasteiger partial charge in [-0.3, -0.25) is 14.2 Å². The summed E-state index contributed by atoms with van der Waals surface area (Å²) in [4.78, 5) is 27.1. The Morgan fingerprint density at radius 1 is 1.15 bits per heavy atom. The first-order valence-electron chi connectivity index (χ1n) is 11.6. The molecule has 5 nitrogen and oxygen atoms in total. The highest BCUT2D eigenvalue weighted by Gasteiger charge is 2.55. The maximum atomic E-state index is 13.2.